The predicted octanol–water partition coefficient (Wildman–Crippen LogP) is 1.79. The zero-order chi connectivity index (χ0) is 20.6. The molecule has 1 aliphatic rings. The van der Waals surface area contributed by atoms with E-state index >= 15 is 0 Å². The van der Waals surface area contributed by atoms with E-state index in [2.05, 4.69) is 0 Å². The molecule has 1 aliphatic heterocycles. The second-order valence-electron chi connectivity index (χ2n) is 6.35. The van der Waals surface area contributed by atoms with Crippen LogP contribution in [0.15, 0.2) is 36.4 Å². The number of phenolic OH excluding ortho intramolecular Hbond substituents is 1. The van der Waals surface area contributed by atoms with Crippen LogP contribution in [0.5, 0.6) is 17.2 Å². The third-order valence-electron chi connectivity index (χ3n) is 4.62. The molecule has 1 heterocycles. The number of carbonyl (C=O) groups is 2. The minimum atomic E-state index is -3.72. The van der Waals surface area contributed by atoms with E-state index in [9.17, 15) is 23.1 Å². The third kappa shape index (κ3) is 3.29. The van der Waals surface area contributed by atoms with E-state index in [4.69, 9.17) is 9.47 Å². The van der Waals surface area contributed by atoms with Gasteiger partial charge in [-0.05, 0) is 29.8 Å². The van der Waals surface area contributed by atoms with Crippen LogP contribution < -0.4 is 9.47 Å². The molecule has 1 unspecified atom stereocenters. The van der Waals surface area contributed by atoms with Gasteiger partial charge in [-0.3, -0.25) is 14.5 Å². The largest absolute Gasteiger partial charge is 0.504 e. The molecule has 1 N–H and O–H groups in total. The van der Waals surface area contributed by atoms with Crippen molar-refractivity contribution < 1.29 is 32.6 Å². The van der Waals surface area contributed by atoms with Gasteiger partial charge in [0.2, 0.25) is 0 Å². The summed E-state index contributed by atoms with van der Waals surface area (Å²) in [6.07, 6.45) is 1.01. The lowest BCUT2D eigenvalue weighted by atomic mass is 10.1. The second kappa shape index (κ2) is 7.16. The molecule has 0 radical (unpaired) electrons. The quantitative estimate of drug-likeness (QED) is 0.730. The fraction of sp³-hybridized carbons (Fsp3) is 0.263. The number of benzene rings is 2. The van der Waals surface area contributed by atoms with Crippen molar-refractivity contribution in [2.45, 2.75) is 5.25 Å². The number of ether oxygens (including phenoxy) is 2. The summed E-state index contributed by atoms with van der Waals surface area (Å²) in [5, 5.41) is 8.79. The first-order chi connectivity index (χ1) is 13.2. The van der Waals surface area contributed by atoms with Gasteiger partial charge >= 0.3 is 0 Å². The number of imide groups is 1. The second-order valence-corrected chi connectivity index (χ2v) is 8.58. The van der Waals surface area contributed by atoms with Crippen LogP contribution in [0.25, 0.3) is 0 Å². The lowest BCUT2D eigenvalue weighted by Gasteiger charge is -2.22. The first-order valence-corrected chi connectivity index (χ1v) is 10.2. The molecule has 0 bridgehead atoms. The molecule has 2 aromatic rings. The average Bonchev–Trinajstić information content (AvgIpc) is 2.89. The summed E-state index contributed by atoms with van der Waals surface area (Å²) < 4.78 is 34.9. The summed E-state index contributed by atoms with van der Waals surface area (Å²) in [7, 11) is -0.967. The Hall–Kier alpha value is -3.07. The van der Waals surface area contributed by atoms with Crippen LogP contribution in [0, 0.1) is 0 Å². The van der Waals surface area contributed by atoms with E-state index in [1.54, 1.807) is 12.1 Å². The van der Waals surface area contributed by atoms with Gasteiger partial charge in [0.1, 0.15) is 11.0 Å². The Morgan fingerprint density at radius 3 is 2.29 bits per heavy atom. The van der Waals surface area contributed by atoms with E-state index < -0.39 is 26.9 Å². The van der Waals surface area contributed by atoms with Crippen LogP contribution in [0.2, 0.25) is 0 Å². The highest BCUT2D eigenvalue weighted by Crippen LogP contribution is 2.35. The van der Waals surface area contributed by atoms with Crippen LogP contribution in [0.4, 0.5) is 0 Å². The summed E-state index contributed by atoms with van der Waals surface area (Å²) in [6, 6.07) is 8.79. The maximum Gasteiger partial charge on any atom is 0.265 e. The van der Waals surface area contributed by atoms with E-state index in [1.165, 1.54) is 38.5 Å². The highest BCUT2D eigenvalue weighted by molar-refractivity contribution is 7.91. The van der Waals surface area contributed by atoms with Gasteiger partial charge in [0.15, 0.2) is 21.3 Å². The minimum Gasteiger partial charge on any atom is -0.504 e. The number of fused-ring (bicyclic) bond motifs is 1. The predicted molar refractivity (Wildman–Crippen MR) is 101 cm³/mol. The standard InChI is InChI=1S/C19H19NO7S/c1-26-14-8-7-11(9-13(14)21)16(28(3,24)25)10-20-18(22)12-5-4-6-15(27-2)17(12)19(20)23/h4-9,16,21H,10H2,1-3H3. The van der Waals surface area contributed by atoms with Gasteiger partial charge in [-0.15, -0.1) is 0 Å². The van der Waals surface area contributed by atoms with Gasteiger partial charge < -0.3 is 14.6 Å². The molecular formula is C19H19NO7S. The van der Waals surface area contributed by atoms with Crippen molar-refractivity contribution in [1.82, 2.24) is 4.90 Å². The normalized spacial score (nSPS) is 14.8. The lowest BCUT2D eigenvalue weighted by Crippen LogP contribution is -2.36. The van der Waals surface area contributed by atoms with Gasteiger partial charge in [0.05, 0.1) is 31.9 Å². The number of amides is 2. The summed E-state index contributed by atoms with van der Waals surface area (Å²) in [5.41, 5.74) is 0.512. The van der Waals surface area contributed by atoms with Crippen molar-refractivity contribution in [1.29, 1.82) is 0 Å². The van der Waals surface area contributed by atoms with Crippen molar-refractivity contribution in [2.75, 3.05) is 27.0 Å². The Labute approximate surface area is 162 Å². The molecule has 0 saturated heterocycles. The molecule has 0 aromatic heterocycles. The van der Waals surface area contributed by atoms with E-state index in [0.29, 0.717) is 0 Å². The highest BCUT2D eigenvalue weighted by atomic mass is 32.2. The van der Waals surface area contributed by atoms with Crippen LogP contribution >= 0.6 is 0 Å². The number of methoxy groups -OCH3 is 2. The van der Waals surface area contributed by atoms with Gasteiger partial charge in [0, 0.05) is 6.26 Å². The molecule has 0 fully saturated rings. The molecule has 148 valence electrons. The first kappa shape index (κ1) is 19.7. The van der Waals surface area contributed by atoms with E-state index in [-0.39, 0.29) is 40.5 Å². The number of nitrogens with zero attached hydrogens (tertiary/aromatic N) is 1. The smallest absolute Gasteiger partial charge is 0.265 e. The monoisotopic (exact) mass is 405 g/mol. The van der Waals surface area contributed by atoms with E-state index in [1.807, 2.05) is 0 Å². The molecule has 3 rings (SSSR count). The van der Waals surface area contributed by atoms with Gasteiger partial charge in [-0.2, -0.15) is 0 Å². The fourth-order valence-electron chi connectivity index (χ4n) is 3.20. The molecule has 1 atom stereocenters. The Bertz CT molecular complexity index is 1060. The maximum absolute atomic E-state index is 12.8. The number of rotatable bonds is 6. The van der Waals surface area contributed by atoms with Crippen molar-refractivity contribution in [3.8, 4) is 17.2 Å². The molecule has 8 nitrogen and oxygen atoms in total. The maximum atomic E-state index is 12.8. The average molecular weight is 405 g/mol. The number of hydrogen-bond acceptors (Lipinski definition) is 7. The van der Waals surface area contributed by atoms with Gasteiger partial charge in [-0.25, -0.2) is 8.42 Å². The topological polar surface area (TPSA) is 110 Å². The molecular weight excluding hydrogens is 386 g/mol. The van der Waals surface area contributed by atoms with Gasteiger partial charge in [0.25, 0.3) is 11.8 Å². The molecule has 28 heavy (non-hydrogen) atoms. The Balaban J connectivity index is 2.01. The molecule has 9 heteroatoms. The number of phenols is 1. The van der Waals surface area contributed by atoms with Crippen LogP contribution in [-0.4, -0.2) is 57.3 Å². The van der Waals surface area contributed by atoms with Crippen molar-refractivity contribution >= 4 is 21.7 Å². The SMILES string of the molecule is COc1ccc(C(CN2C(=O)c3cccc(OC)c3C2=O)S(C)(=O)=O)cc1O. The Morgan fingerprint density at radius 1 is 1.04 bits per heavy atom. The van der Waals surface area contributed by atoms with Crippen molar-refractivity contribution in [2.24, 2.45) is 0 Å². The molecule has 0 aliphatic carbocycles. The van der Waals surface area contributed by atoms with Crippen LogP contribution in [0.1, 0.15) is 31.5 Å². The van der Waals surface area contributed by atoms with Crippen molar-refractivity contribution in [3.63, 3.8) is 0 Å². The Kier molecular flexibility index (Phi) is 5.03. The molecule has 0 saturated carbocycles. The number of carbonyl (C=O) groups excluding carboxylic acids is 2. The summed E-state index contributed by atoms with van der Waals surface area (Å²) in [5.74, 6) is -1.02. The summed E-state index contributed by atoms with van der Waals surface area (Å²) in [4.78, 5) is 26.4. The number of sulfone groups is 1. The minimum absolute atomic E-state index is 0.111. The third-order valence-corrected chi connectivity index (χ3v) is 6.08. The van der Waals surface area contributed by atoms with Gasteiger partial charge in [-0.1, -0.05) is 12.1 Å². The lowest BCUT2D eigenvalue weighted by molar-refractivity contribution is 0.0653. The zero-order valence-corrected chi connectivity index (χ0v) is 16.3. The van der Waals surface area contributed by atoms with Crippen LogP contribution in [-0.2, 0) is 9.84 Å². The molecule has 2 amide bonds. The molecule has 0 spiro atoms. The summed E-state index contributed by atoms with van der Waals surface area (Å²) in [6.45, 7) is -0.389. The Morgan fingerprint density at radius 2 is 1.71 bits per heavy atom. The first-order valence-electron chi connectivity index (χ1n) is 8.28. The highest BCUT2D eigenvalue weighted by Gasteiger charge is 2.41. The van der Waals surface area contributed by atoms with Crippen LogP contribution in [0.3, 0.4) is 0 Å². The van der Waals surface area contributed by atoms with E-state index in [0.717, 1.165) is 11.2 Å². The zero-order valence-electron chi connectivity index (χ0n) is 15.5. The fourth-order valence-corrected chi connectivity index (χ4v) is 4.26. The van der Waals surface area contributed by atoms with Crippen molar-refractivity contribution in [3.05, 3.63) is 53.1 Å². The number of aromatic hydroxyl groups is 1. The number of hydrogen-bond donors (Lipinski definition) is 1. The summed E-state index contributed by atoms with van der Waals surface area (Å²) >= 11 is 0. The molecule has 2 aromatic carbocycles.